The summed E-state index contributed by atoms with van der Waals surface area (Å²) in [7, 11) is 0. The van der Waals surface area contributed by atoms with Crippen molar-refractivity contribution in [3.05, 3.63) is 103 Å². The Hall–Kier alpha value is -3.99. The first kappa shape index (κ1) is 17.1. The minimum Gasteiger partial charge on any atom is -0.457 e. The molecule has 5 rings (SSSR count). The third-order valence-electron chi connectivity index (χ3n) is 4.63. The van der Waals surface area contributed by atoms with Crippen LogP contribution in [0.4, 0.5) is 4.39 Å². The van der Waals surface area contributed by atoms with Crippen LogP contribution in [0.15, 0.2) is 97.3 Å². The van der Waals surface area contributed by atoms with Crippen LogP contribution < -0.4 is 4.74 Å². The van der Waals surface area contributed by atoms with Gasteiger partial charge in [0, 0.05) is 23.3 Å². The minimum absolute atomic E-state index is 0.290. The molecule has 0 amide bonds. The quantitative estimate of drug-likeness (QED) is 0.382. The van der Waals surface area contributed by atoms with Gasteiger partial charge in [-0.1, -0.05) is 18.2 Å². The van der Waals surface area contributed by atoms with Crippen LogP contribution >= 0.6 is 0 Å². The summed E-state index contributed by atoms with van der Waals surface area (Å²) >= 11 is 0. The normalized spacial score (nSPS) is 10.9. The molecule has 29 heavy (non-hydrogen) atoms. The highest BCUT2D eigenvalue weighted by Crippen LogP contribution is 2.27. The number of hydrogen-bond donors (Lipinski definition) is 0. The molecule has 3 aromatic carbocycles. The Balaban J connectivity index is 1.44. The average molecular weight is 381 g/mol. The van der Waals surface area contributed by atoms with Crippen LogP contribution in [0.2, 0.25) is 0 Å². The van der Waals surface area contributed by atoms with Crippen molar-refractivity contribution in [3.8, 4) is 28.7 Å². The lowest BCUT2D eigenvalue weighted by atomic mass is 10.2. The number of pyridine rings is 1. The monoisotopic (exact) mass is 381 g/mol. The van der Waals surface area contributed by atoms with Gasteiger partial charge in [0.25, 0.3) is 0 Å². The van der Waals surface area contributed by atoms with Crippen molar-refractivity contribution in [2.75, 3.05) is 0 Å². The van der Waals surface area contributed by atoms with Crippen molar-refractivity contribution in [2.24, 2.45) is 0 Å². The van der Waals surface area contributed by atoms with E-state index in [-0.39, 0.29) is 5.82 Å². The van der Waals surface area contributed by atoms with E-state index in [0.29, 0.717) is 11.5 Å². The van der Waals surface area contributed by atoms with Crippen LogP contribution in [-0.2, 0) is 0 Å². The van der Waals surface area contributed by atoms with Crippen molar-refractivity contribution in [2.45, 2.75) is 0 Å². The van der Waals surface area contributed by atoms with E-state index in [9.17, 15) is 4.39 Å². The van der Waals surface area contributed by atoms with Gasteiger partial charge in [-0.25, -0.2) is 14.4 Å². The summed E-state index contributed by atoms with van der Waals surface area (Å²) in [4.78, 5) is 9.26. The molecule has 2 aromatic heterocycles. The van der Waals surface area contributed by atoms with Gasteiger partial charge in [-0.2, -0.15) is 0 Å². The summed E-state index contributed by atoms with van der Waals surface area (Å²) in [6, 6.07) is 25.6. The SMILES string of the molecule is Fc1ccc(Oc2ccc(-c3nccn3-c3ccc4ccccc4n3)cc2)cc1. The van der Waals surface area contributed by atoms with Crippen molar-refractivity contribution >= 4 is 10.9 Å². The van der Waals surface area contributed by atoms with E-state index >= 15 is 0 Å². The Morgan fingerprint density at radius 2 is 1.48 bits per heavy atom. The van der Waals surface area contributed by atoms with E-state index in [1.54, 1.807) is 18.3 Å². The summed E-state index contributed by atoms with van der Waals surface area (Å²) in [6.45, 7) is 0. The van der Waals surface area contributed by atoms with Crippen LogP contribution in [0.3, 0.4) is 0 Å². The number of nitrogens with zero attached hydrogens (tertiary/aromatic N) is 3. The number of fused-ring (bicyclic) bond motifs is 1. The molecular formula is C24H16FN3O. The predicted octanol–water partition coefficient (Wildman–Crippen LogP) is 6.02. The Labute approximate surface area is 166 Å². The first-order chi connectivity index (χ1) is 14.3. The summed E-state index contributed by atoms with van der Waals surface area (Å²) < 4.78 is 20.8. The molecule has 0 fully saturated rings. The van der Waals surface area contributed by atoms with Crippen LogP contribution in [0.5, 0.6) is 11.5 Å². The molecule has 4 nitrogen and oxygen atoms in total. The lowest BCUT2D eigenvalue weighted by Crippen LogP contribution is -1.99. The zero-order valence-electron chi connectivity index (χ0n) is 15.4. The zero-order chi connectivity index (χ0) is 19.6. The van der Waals surface area contributed by atoms with Crippen molar-refractivity contribution in [3.63, 3.8) is 0 Å². The van der Waals surface area contributed by atoms with Crippen molar-refractivity contribution in [1.82, 2.24) is 14.5 Å². The minimum atomic E-state index is -0.290. The summed E-state index contributed by atoms with van der Waals surface area (Å²) in [5, 5.41) is 1.10. The number of rotatable bonds is 4. The molecule has 140 valence electrons. The Morgan fingerprint density at radius 1 is 0.759 bits per heavy atom. The molecule has 0 radical (unpaired) electrons. The van der Waals surface area contributed by atoms with Gasteiger partial charge in [0.15, 0.2) is 0 Å². The molecule has 0 aliphatic carbocycles. The van der Waals surface area contributed by atoms with E-state index in [1.165, 1.54) is 12.1 Å². The Bertz CT molecular complexity index is 1280. The van der Waals surface area contributed by atoms with Gasteiger partial charge in [-0.15, -0.1) is 0 Å². The summed E-state index contributed by atoms with van der Waals surface area (Å²) in [5.74, 6) is 2.56. The Kier molecular flexibility index (Phi) is 4.26. The first-order valence-corrected chi connectivity index (χ1v) is 9.20. The van der Waals surface area contributed by atoms with Gasteiger partial charge in [0.1, 0.15) is 29.0 Å². The molecule has 0 saturated carbocycles. The van der Waals surface area contributed by atoms with Gasteiger partial charge in [-0.05, 0) is 66.7 Å². The average Bonchev–Trinajstić information content (AvgIpc) is 3.25. The molecular weight excluding hydrogens is 365 g/mol. The number of aromatic nitrogens is 3. The van der Waals surface area contributed by atoms with Gasteiger partial charge < -0.3 is 4.74 Å². The number of benzene rings is 3. The fourth-order valence-electron chi connectivity index (χ4n) is 3.20. The second kappa shape index (κ2) is 7.20. The summed E-state index contributed by atoms with van der Waals surface area (Å²) in [6.07, 6.45) is 3.66. The molecule has 0 spiro atoms. The predicted molar refractivity (Wildman–Crippen MR) is 111 cm³/mol. The van der Waals surface area contributed by atoms with Crippen LogP contribution in [0.1, 0.15) is 0 Å². The van der Waals surface area contributed by atoms with E-state index in [1.807, 2.05) is 65.4 Å². The number of hydrogen-bond acceptors (Lipinski definition) is 3. The zero-order valence-corrected chi connectivity index (χ0v) is 15.4. The van der Waals surface area contributed by atoms with Gasteiger partial charge in [0.05, 0.1) is 5.52 Å². The highest BCUT2D eigenvalue weighted by atomic mass is 19.1. The molecule has 0 N–H and O–H groups in total. The van der Waals surface area contributed by atoms with Crippen LogP contribution in [0.25, 0.3) is 28.1 Å². The maximum atomic E-state index is 13.0. The smallest absolute Gasteiger partial charge is 0.145 e. The molecule has 0 saturated heterocycles. The lowest BCUT2D eigenvalue weighted by molar-refractivity contribution is 0.480. The fourth-order valence-corrected chi connectivity index (χ4v) is 3.20. The molecule has 2 heterocycles. The van der Waals surface area contributed by atoms with E-state index in [0.717, 1.165) is 28.1 Å². The maximum absolute atomic E-state index is 13.0. The van der Waals surface area contributed by atoms with Gasteiger partial charge >= 0.3 is 0 Å². The molecule has 0 unspecified atom stereocenters. The van der Waals surface area contributed by atoms with Gasteiger partial charge in [-0.3, -0.25) is 4.57 Å². The first-order valence-electron chi connectivity index (χ1n) is 9.20. The third kappa shape index (κ3) is 3.46. The van der Waals surface area contributed by atoms with Crippen molar-refractivity contribution in [1.29, 1.82) is 0 Å². The molecule has 0 atom stereocenters. The summed E-state index contributed by atoms with van der Waals surface area (Å²) in [5.41, 5.74) is 1.88. The largest absolute Gasteiger partial charge is 0.457 e. The standard InChI is InChI=1S/C24H16FN3O/c25-19-8-12-21(13-9-19)29-20-10-5-18(6-11-20)24-26-15-16-28(24)23-14-7-17-3-1-2-4-22(17)27-23/h1-16H. The fraction of sp³-hybridized carbons (Fsp3) is 0. The Morgan fingerprint density at radius 3 is 2.28 bits per heavy atom. The highest BCUT2D eigenvalue weighted by molar-refractivity contribution is 5.79. The molecule has 5 heteroatoms. The second-order valence-electron chi connectivity index (χ2n) is 6.56. The highest BCUT2D eigenvalue weighted by Gasteiger charge is 2.10. The van der Waals surface area contributed by atoms with E-state index in [2.05, 4.69) is 11.1 Å². The molecule has 5 aromatic rings. The molecule has 0 aliphatic rings. The number of imidazole rings is 1. The number of halogens is 1. The lowest BCUT2D eigenvalue weighted by Gasteiger charge is -2.10. The topological polar surface area (TPSA) is 39.9 Å². The number of ether oxygens (including phenoxy) is 1. The molecule has 0 bridgehead atoms. The van der Waals surface area contributed by atoms with Crippen molar-refractivity contribution < 1.29 is 9.13 Å². The molecule has 0 aliphatic heterocycles. The van der Waals surface area contributed by atoms with E-state index < -0.39 is 0 Å². The maximum Gasteiger partial charge on any atom is 0.145 e. The third-order valence-corrected chi connectivity index (χ3v) is 4.63. The second-order valence-corrected chi connectivity index (χ2v) is 6.56. The van der Waals surface area contributed by atoms with E-state index in [4.69, 9.17) is 9.72 Å². The van der Waals surface area contributed by atoms with Crippen LogP contribution in [-0.4, -0.2) is 14.5 Å². The van der Waals surface area contributed by atoms with Crippen LogP contribution in [0, 0.1) is 5.82 Å². The van der Waals surface area contributed by atoms with Gasteiger partial charge in [0.2, 0.25) is 0 Å². The number of para-hydroxylation sites is 1.